The second-order valence-corrected chi connectivity index (χ2v) is 14.1. The minimum atomic E-state index is -0.706. The number of fused-ring (bicyclic) bond motifs is 3. The summed E-state index contributed by atoms with van der Waals surface area (Å²) in [7, 11) is 0. The number of rotatable bonds is 2. The van der Waals surface area contributed by atoms with Crippen LogP contribution in [-0.4, -0.2) is 57.8 Å². The Morgan fingerprint density at radius 1 is 1.07 bits per heavy atom. The van der Waals surface area contributed by atoms with Gasteiger partial charge in [-0.1, -0.05) is 34.5 Å². The Balaban J connectivity index is 1.44. The number of nitrogens with one attached hydrogen (secondary N) is 1. The standard InChI is InChI=1S/C30H33Cl2FN4O5S/c1-29(2,3)41-27(38)35-26-34-24-18(7-8-21(33)25(24)43-26)22-20(31)11-16-12-36-9-10-37(28(39)42-30(4,5)6)13-17(36)14-40-15-19(16)23(22)32/h7-8,11,14H,9-10,12-13,15H2,1-6H3,(H,34,35,38)/b17-14-. The summed E-state index contributed by atoms with van der Waals surface area (Å²) in [5.74, 6) is -0.487. The number of carbonyl (C=O) groups excluding carboxylic acids is 2. The molecule has 3 heterocycles. The molecular weight excluding hydrogens is 618 g/mol. The van der Waals surface area contributed by atoms with Crippen molar-refractivity contribution >= 4 is 62.1 Å². The fourth-order valence-electron chi connectivity index (χ4n) is 4.84. The summed E-state index contributed by atoms with van der Waals surface area (Å²) in [6, 6.07) is 4.74. The first-order chi connectivity index (χ1) is 20.1. The number of anilines is 1. The van der Waals surface area contributed by atoms with Crippen LogP contribution >= 0.6 is 34.5 Å². The van der Waals surface area contributed by atoms with E-state index in [1.54, 1.807) is 38.0 Å². The van der Waals surface area contributed by atoms with Crippen molar-refractivity contribution in [3.05, 3.63) is 57.1 Å². The SMILES string of the molecule is CC(C)(C)OC(=O)Nc1nc2c(-c3c(Cl)cc4c(c3Cl)CO/C=C3/CN(C(=O)OC(C)(C)C)CCN3C4)ccc(F)c2s1. The first-order valence-corrected chi connectivity index (χ1v) is 15.3. The van der Waals surface area contributed by atoms with Gasteiger partial charge in [-0.2, -0.15) is 0 Å². The number of aromatic nitrogens is 1. The molecule has 2 aromatic carbocycles. The predicted octanol–water partition coefficient (Wildman–Crippen LogP) is 8.18. The predicted molar refractivity (Wildman–Crippen MR) is 166 cm³/mol. The van der Waals surface area contributed by atoms with E-state index in [4.69, 9.17) is 37.4 Å². The molecule has 0 bridgehead atoms. The zero-order chi connectivity index (χ0) is 31.3. The van der Waals surface area contributed by atoms with Crippen molar-refractivity contribution in [2.24, 2.45) is 0 Å². The van der Waals surface area contributed by atoms with Crippen LogP contribution in [0.5, 0.6) is 0 Å². The quantitative estimate of drug-likeness (QED) is 0.299. The topological polar surface area (TPSA) is 93.2 Å². The number of carbonyl (C=O) groups is 2. The van der Waals surface area contributed by atoms with Gasteiger partial charge in [-0.3, -0.25) is 5.32 Å². The van der Waals surface area contributed by atoms with Crippen molar-refractivity contribution in [3.8, 4) is 11.1 Å². The van der Waals surface area contributed by atoms with E-state index in [1.165, 1.54) is 6.07 Å². The van der Waals surface area contributed by atoms with E-state index in [-0.39, 0.29) is 22.5 Å². The molecule has 1 saturated heterocycles. The first kappa shape index (κ1) is 31.2. The molecule has 2 aliphatic rings. The molecule has 0 aliphatic carbocycles. The molecule has 0 atom stereocenters. The van der Waals surface area contributed by atoms with Gasteiger partial charge in [0, 0.05) is 36.3 Å². The maximum absolute atomic E-state index is 14.9. The van der Waals surface area contributed by atoms with Gasteiger partial charge in [-0.15, -0.1) is 0 Å². The average molecular weight is 652 g/mol. The second kappa shape index (κ2) is 11.7. The Labute approximate surface area is 263 Å². The number of piperazine rings is 1. The van der Waals surface area contributed by atoms with Crippen molar-refractivity contribution in [1.82, 2.24) is 14.8 Å². The third-order valence-electron chi connectivity index (χ3n) is 6.64. The molecule has 0 saturated carbocycles. The normalized spacial score (nSPS) is 16.7. The lowest BCUT2D eigenvalue weighted by molar-refractivity contribution is 0.0184. The van der Waals surface area contributed by atoms with Gasteiger partial charge < -0.3 is 24.0 Å². The minimum absolute atomic E-state index is 0.162. The van der Waals surface area contributed by atoms with Gasteiger partial charge in [0.05, 0.1) is 32.5 Å². The van der Waals surface area contributed by atoms with E-state index in [1.807, 2.05) is 26.8 Å². The van der Waals surface area contributed by atoms with E-state index >= 15 is 0 Å². The molecule has 13 heteroatoms. The molecule has 2 amide bonds. The lowest BCUT2D eigenvalue weighted by Crippen LogP contribution is -2.48. The van der Waals surface area contributed by atoms with Crippen molar-refractivity contribution in [3.63, 3.8) is 0 Å². The number of hydrogen-bond donors (Lipinski definition) is 1. The van der Waals surface area contributed by atoms with Crippen molar-refractivity contribution < 1.29 is 28.2 Å². The van der Waals surface area contributed by atoms with Crippen molar-refractivity contribution in [1.29, 1.82) is 0 Å². The van der Waals surface area contributed by atoms with Gasteiger partial charge in [-0.05, 0) is 65.3 Å². The van der Waals surface area contributed by atoms with Crippen LogP contribution in [0.15, 0.2) is 30.2 Å². The lowest BCUT2D eigenvalue weighted by atomic mass is 9.97. The fourth-order valence-corrected chi connectivity index (χ4v) is 6.47. The molecule has 0 spiro atoms. The van der Waals surface area contributed by atoms with Gasteiger partial charge in [0.15, 0.2) is 5.13 Å². The van der Waals surface area contributed by atoms with Crippen LogP contribution < -0.4 is 5.32 Å². The maximum Gasteiger partial charge on any atom is 0.413 e. The van der Waals surface area contributed by atoms with Crippen LogP contribution in [-0.2, 0) is 27.4 Å². The van der Waals surface area contributed by atoms with Gasteiger partial charge in [-0.25, -0.2) is 19.0 Å². The minimum Gasteiger partial charge on any atom is -0.495 e. The zero-order valence-corrected chi connectivity index (χ0v) is 27.1. The molecule has 1 N–H and O–H groups in total. The van der Waals surface area contributed by atoms with Gasteiger partial charge in [0.1, 0.15) is 29.9 Å². The highest BCUT2D eigenvalue weighted by Crippen LogP contribution is 2.44. The van der Waals surface area contributed by atoms with Crippen LogP contribution in [0, 0.1) is 5.82 Å². The van der Waals surface area contributed by atoms with Crippen molar-refractivity contribution in [2.45, 2.75) is 65.9 Å². The molecule has 2 aliphatic heterocycles. The second-order valence-electron chi connectivity index (χ2n) is 12.3. The van der Waals surface area contributed by atoms with Crippen LogP contribution in [0.4, 0.5) is 19.1 Å². The fraction of sp³-hybridized carbons (Fsp3) is 0.433. The van der Waals surface area contributed by atoms with E-state index in [2.05, 4.69) is 15.2 Å². The number of hydrogen-bond acceptors (Lipinski definition) is 8. The van der Waals surface area contributed by atoms with Crippen LogP contribution in [0.3, 0.4) is 0 Å². The van der Waals surface area contributed by atoms with Crippen LogP contribution in [0.2, 0.25) is 10.0 Å². The zero-order valence-electron chi connectivity index (χ0n) is 24.8. The number of halogens is 3. The molecular formula is C30H33Cl2FN4O5S. The van der Waals surface area contributed by atoms with Gasteiger partial charge in [0.2, 0.25) is 0 Å². The number of ether oxygens (including phenoxy) is 3. The Bertz CT molecular complexity index is 1630. The summed E-state index contributed by atoms with van der Waals surface area (Å²) < 4.78 is 32.0. The van der Waals surface area contributed by atoms with Gasteiger partial charge in [0.25, 0.3) is 0 Å². The lowest BCUT2D eigenvalue weighted by Gasteiger charge is -2.39. The first-order valence-electron chi connectivity index (χ1n) is 13.7. The Kier molecular flexibility index (Phi) is 8.45. The number of amides is 2. The smallest absolute Gasteiger partial charge is 0.413 e. The van der Waals surface area contributed by atoms with Crippen LogP contribution in [0.25, 0.3) is 21.3 Å². The Hall–Kier alpha value is -3.28. The molecule has 1 aromatic heterocycles. The average Bonchev–Trinajstić information content (AvgIpc) is 3.28. The summed E-state index contributed by atoms with van der Waals surface area (Å²) in [6.07, 6.45) is 0.584. The molecule has 0 unspecified atom stereocenters. The largest absolute Gasteiger partial charge is 0.495 e. The van der Waals surface area contributed by atoms with Gasteiger partial charge >= 0.3 is 12.2 Å². The number of thiazole rings is 1. The van der Waals surface area contributed by atoms with Crippen molar-refractivity contribution in [2.75, 3.05) is 25.0 Å². The molecule has 43 heavy (non-hydrogen) atoms. The molecule has 9 nitrogen and oxygen atoms in total. The summed E-state index contributed by atoms with van der Waals surface area (Å²) in [6.45, 7) is 12.8. The molecule has 230 valence electrons. The Morgan fingerprint density at radius 2 is 1.79 bits per heavy atom. The third kappa shape index (κ3) is 6.94. The van der Waals surface area contributed by atoms with E-state index in [0.29, 0.717) is 52.9 Å². The highest BCUT2D eigenvalue weighted by Gasteiger charge is 2.31. The molecule has 1 fully saturated rings. The third-order valence-corrected chi connectivity index (χ3v) is 8.34. The molecule has 5 rings (SSSR count). The summed E-state index contributed by atoms with van der Waals surface area (Å²) in [4.78, 5) is 33.3. The van der Waals surface area contributed by atoms with E-state index < -0.39 is 23.1 Å². The highest BCUT2D eigenvalue weighted by molar-refractivity contribution is 7.22. The molecule has 3 aromatic rings. The van der Waals surface area contributed by atoms with E-state index in [9.17, 15) is 14.0 Å². The van der Waals surface area contributed by atoms with E-state index in [0.717, 1.165) is 28.2 Å². The molecule has 0 radical (unpaired) electrons. The monoisotopic (exact) mass is 650 g/mol. The summed E-state index contributed by atoms with van der Waals surface area (Å²) >= 11 is 14.9. The summed E-state index contributed by atoms with van der Waals surface area (Å²) in [5, 5.41) is 3.50. The van der Waals surface area contributed by atoms with Crippen LogP contribution in [0.1, 0.15) is 52.7 Å². The number of benzene rings is 2. The number of nitrogens with zero attached hydrogens (tertiary/aromatic N) is 3. The summed E-state index contributed by atoms with van der Waals surface area (Å²) in [5.41, 5.74) is 2.48. The highest BCUT2D eigenvalue weighted by atomic mass is 35.5. The maximum atomic E-state index is 14.9. The Morgan fingerprint density at radius 3 is 2.49 bits per heavy atom.